The Morgan fingerprint density at radius 3 is 2.53 bits per heavy atom. The Bertz CT molecular complexity index is 1260. The molecule has 10 nitrogen and oxygen atoms in total. The average Bonchev–Trinajstić information content (AvgIpc) is 3.57. The van der Waals surface area contributed by atoms with E-state index in [1.807, 2.05) is 26.0 Å². The number of hydrogen-bond donors (Lipinski definition) is 2. The van der Waals surface area contributed by atoms with Crippen LogP contribution in [0.15, 0.2) is 42.0 Å². The number of amides is 1. The van der Waals surface area contributed by atoms with Crippen LogP contribution in [0.5, 0.6) is 5.88 Å². The van der Waals surface area contributed by atoms with E-state index in [1.54, 1.807) is 29.9 Å². The lowest BCUT2D eigenvalue weighted by atomic mass is 10.1. The standard InChI is InChI=1S/C22H25N5O5S2/c1-13(2)32-19-11-23-10-17(25-19)14-4-6-15(7-5-14)24-21(28)20(31-3)18-12-33-22(26-18)27-34(29,30)16-8-9-16/h4-7,10-13,16,20H,8-9H2,1-3H3,(H,24,28)(H,26,27). The van der Waals surface area contributed by atoms with Gasteiger partial charge in [0, 0.05) is 23.7 Å². The van der Waals surface area contributed by atoms with Crippen molar-refractivity contribution in [1.82, 2.24) is 15.0 Å². The van der Waals surface area contributed by atoms with E-state index < -0.39 is 22.0 Å². The molecule has 2 heterocycles. The summed E-state index contributed by atoms with van der Waals surface area (Å²) in [6, 6.07) is 7.12. The van der Waals surface area contributed by atoms with Gasteiger partial charge in [-0.2, -0.15) is 0 Å². The largest absolute Gasteiger partial charge is 0.474 e. The molecule has 12 heteroatoms. The van der Waals surface area contributed by atoms with Crippen molar-refractivity contribution in [3.05, 3.63) is 47.7 Å². The summed E-state index contributed by atoms with van der Waals surface area (Å²) in [6.45, 7) is 3.83. The van der Waals surface area contributed by atoms with Crippen LogP contribution in [0.3, 0.4) is 0 Å². The molecule has 2 N–H and O–H groups in total. The first kappa shape index (κ1) is 24.0. The molecule has 1 aliphatic carbocycles. The summed E-state index contributed by atoms with van der Waals surface area (Å²) < 4.78 is 37.6. The number of hydrogen-bond acceptors (Lipinski definition) is 9. The van der Waals surface area contributed by atoms with Gasteiger partial charge < -0.3 is 14.8 Å². The van der Waals surface area contributed by atoms with E-state index in [4.69, 9.17) is 9.47 Å². The first-order valence-electron chi connectivity index (χ1n) is 10.6. The topological polar surface area (TPSA) is 132 Å². The van der Waals surface area contributed by atoms with Crippen LogP contribution in [0, 0.1) is 0 Å². The van der Waals surface area contributed by atoms with Crippen LogP contribution in [0.4, 0.5) is 10.8 Å². The first-order chi connectivity index (χ1) is 16.2. The number of benzene rings is 1. The van der Waals surface area contributed by atoms with Gasteiger partial charge in [0.25, 0.3) is 5.91 Å². The molecule has 1 saturated carbocycles. The van der Waals surface area contributed by atoms with Gasteiger partial charge in [0.2, 0.25) is 15.9 Å². The van der Waals surface area contributed by atoms with E-state index in [9.17, 15) is 13.2 Å². The normalized spacial score (nSPS) is 14.6. The molecule has 0 aliphatic heterocycles. The fourth-order valence-electron chi connectivity index (χ4n) is 3.12. The second-order valence-electron chi connectivity index (χ2n) is 8.02. The Hall–Kier alpha value is -3.09. The predicted molar refractivity (Wildman–Crippen MR) is 129 cm³/mol. The minimum absolute atomic E-state index is 0.0111. The number of sulfonamides is 1. The fraction of sp³-hybridized carbons (Fsp3) is 0.364. The number of thiazole rings is 1. The van der Waals surface area contributed by atoms with E-state index in [0.717, 1.165) is 16.9 Å². The molecule has 1 atom stereocenters. The quantitative estimate of drug-likeness (QED) is 0.429. The van der Waals surface area contributed by atoms with Crippen molar-refractivity contribution in [3.63, 3.8) is 0 Å². The first-order valence-corrected chi connectivity index (χ1v) is 13.1. The van der Waals surface area contributed by atoms with Crippen LogP contribution >= 0.6 is 11.3 Å². The number of aromatic nitrogens is 3. The molecule has 3 aromatic rings. The molecule has 1 aliphatic rings. The maximum absolute atomic E-state index is 12.8. The number of nitrogens with one attached hydrogen (secondary N) is 2. The summed E-state index contributed by atoms with van der Waals surface area (Å²) in [4.78, 5) is 25.7. The lowest BCUT2D eigenvalue weighted by molar-refractivity contribution is -0.126. The van der Waals surface area contributed by atoms with Gasteiger partial charge in [0.15, 0.2) is 11.2 Å². The third-order valence-electron chi connectivity index (χ3n) is 4.87. The van der Waals surface area contributed by atoms with E-state index in [0.29, 0.717) is 35.8 Å². The van der Waals surface area contributed by atoms with Gasteiger partial charge in [0.05, 0.1) is 35.1 Å². The molecule has 4 rings (SSSR count). The zero-order valence-corrected chi connectivity index (χ0v) is 20.5. The summed E-state index contributed by atoms with van der Waals surface area (Å²) in [6.07, 6.45) is 3.50. The van der Waals surface area contributed by atoms with Crippen molar-refractivity contribution in [2.45, 2.75) is 44.1 Å². The zero-order chi connectivity index (χ0) is 24.3. The smallest absolute Gasteiger partial charge is 0.259 e. The summed E-state index contributed by atoms with van der Waals surface area (Å²) in [5, 5.41) is 4.25. The number of nitrogens with zero attached hydrogens (tertiary/aromatic N) is 3. The number of anilines is 2. The highest BCUT2D eigenvalue weighted by molar-refractivity contribution is 7.93. The van der Waals surface area contributed by atoms with Crippen molar-refractivity contribution in [2.75, 3.05) is 17.1 Å². The second kappa shape index (κ2) is 10.0. The Morgan fingerprint density at radius 2 is 1.88 bits per heavy atom. The highest BCUT2D eigenvalue weighted by Crippen LogP contribution is 2.31. The molecular formula is C22H25N5O5S2. The fourth-order valence-corrected chi connectivity index (χ4v) is 5.44. The van der Waals surface area contributed by atoms with Crippen molar-refractivity contribution in [1.29, 1.82) is 0 Å². The third-order valence-corrected chi connectivity index (χ3v) is 7.61. The summed E-state index contributed by atoms with van der Waals surface area (Å²) in [7, 11) is -2.03. The number of ether oxygens (including phenoxy) is 2. The second-order valence-corrected chi connectivity index (χ2v) is 10.8. The van der Waals surface area contributed by atoms with Crippen molar-refractivity contribution in [2.24, 2.45) is 0 Å². The maximum Gasteiger partial charge on any atom is 0.259 e. The number of carbonyl (C=O) groups excluding carboxylic acids is 1. The molecule has 34 heavy (non-hydrogen) atoms. The molecule has 2 aromatic heterocycles. The van der Waals surface area contributed by atoms with E-state index in [2.05, 4.69) is 25.0 Å². The number of methoxy groups -OCH3 is 1. The summed E-state index contributed by atoms with van der Waals surface area (Å²) >= 11 is 1.11. The van der Waals surface area contributed by atoms with Crippen LogP contribution in [-0.4, -0.2) is 47.7 Å². The monoisotopic (exact) mass is 503 g/mol. The van der Waals surface area contributed by atoms with Gasteiger partial charge in [-0.15, -0.1) is 11.3 Å². The molecule has 1 aromatic carbocycles. The molecule has 0 saturated heterocycles. The van der Waals surface area contributed by atoms with E-state index >= 15 is 0 Å². The van der Waals surface area contributed by atoms with Gasteiger partial charge in [0.1, 0.15) is 0 Å². The summed E-state index contributed by atoms with van der Waals surface area (Å²) in [5.41, 5.74) is 2.35. The van der Waals surface area contributed by atoms with Gasteiger partial charge in [-0.05, 0) is 38.8 Å². The Labute approximate surface area is 201 Å². The lowest BCUT2D eigenvalue weighted by Crippen LogP contribution is -2.23. The van der Waals surface area contributed by atoms with Crippen LogP contribution in [-0.2, 0) is 19.6 Å². The van der Waals surface area contributed by atoms with E-state index in [-0.39, 0.29) is 16.5 Å². The Balaban J connectivity index is 1.42. The Kier molecular flexibility index (Phi) is 7.10. The van der Waals surface area contributed by atoms with Gasteiger partial charge in [-0.1, -0.05) is 12.1 Å². The molecule has 1 unspecified atom stereocenters. The predicted octanol–water partition coefficient (Wildman–Crippen LogP) is 3.62. The minimum Gasteiger partial charge on any atom is -0.474 e. The zero-order valence-electron chi connectivity index (χ0n) is 18.9. The van der Waals surface area contributed by atoms with Crippen LogP contribution < -0.4 is 14.8 Å². The Morgan fingerprint density at radius 1 is 1.15 bits per heavy atom. The molecule has 0 spiro atoms. The lowest BCUT2D eigenvalue weighted by Gasteiger charge is -2.14. The highest BCUT2D eigenvalue weighted by atomic mass is 32.2. The van der Waals surface area contributed by atoms with Crippen LogP contribution in [0.1, 0.15) is 38.5 Å². The van der Waals surface area contributed by atoms with E-state index in [1.165, 1.54) is 7.11 Å². The van der Waals surface area contributed by atoms with Crippen molar-refractivity contribution < 1.29 is 22.7 Å². The highest BCUT2D eigenvalue weighted by Gasteiger charge is 2.36. The molecule has 0 radical (unpaired) electrons. The third kappa shape index (κ3) is 5.88. The summed E-state index contributed by atoms with van der Waals surface area (Å²) in [5.74, 6) is 0.0131. The minimum atomic E-state index is -3.42. The maximum atomic E-state index is 12.8. The van der Waals surface area contributed by atoms with Crippen LogP contribution in [0.25, 0.3) is 11.3 Å². The molecule has 1 fully saturated rings. The van der Waals surface area contributed by atoms with Gasteiger partial charge in [-0.3, -0.25) is 14.5 Å². The van der Waals surface area contributed by atoms with Gasteiger partial charge in [-0.25, -0.2) is 18.4 Å². The van der Waals surface area contributed by atoms with Crippen LogP contribution in [0.2, 0.25) is 0 Å². The average molecular weight is 504 g/mol. The molecule has 1 amide bonds. The van der Waals surface area contributed by atoms with Crippen molar-refractivity contribution >= 4 is 38.1 Å². The molecule has 0 bridgehead atoms. The number of rotatable bonds is 10. The van der Waals surface area contributed by atoms with Crippen molar-refractivity contribution in [3.8, 4) is 17.1 Å². The SMILES string of the molecule is COC(C(=O)Nc1ccc(-c2cncc(OC(C)C)n2)cc1)c1csc(NS(=O)(=O)C2CC2)n1. The molecule has 180 valence electrons. The van der Waals surface area contributed by atoms with Gasteiger partial charge >= 0.3 is 0 Å². The molecular weight excluding hydrogens is 478 g/mol. The number of carbonyl (C=O) groups is 1.